The van der Waals surface area contributed by atoms with Crippen LogP contribution in [0.15, 0.2) is 73.3 Å². The van der Waals surface area contributed by atoms with Crippen LogP contribution in [0.1, 0.15) is 62.5 Å². The molecule has 0 aliphatic heterocycles. The zero-order chi connectivity index (χ0) is 20.0. The van der Waals surface area contributed by atoms with E-state index in [4.69, 9.17) is 5.73 Å². The Bertz CT molecular complexity index is 592. The molecule has 1 aliphatic carbocycles. The Hall–Kier alpha value is -1.90. The molecule has 0 spiro atoms. The molecule has 3 rings (SSSR count). The SMILES string of the molecule is C=CCN(CC)C1CCCCC1.NCCC(c1ccccc1)c1ccccc1. The fourth-order valence-electron chi connectivity index (χ4n) is 4.21. The maximum atomic E-state index is 5.70. The summed E-state index contributed by atoms with van der Waals surface area (Å²) in [7, 11) is 0. The summed E-state index contributed by atoms with van der Waals surface area (Å²) in [6, 6.07) is 22.0. The molecule has 2 N–H and O–H groups in total. The summed E-state index contributed by atoms with van der Waals surface area (Å²) < 4.78 is 0. The van der Waals surface area contributed by atoms with Gasteiger partial charge < -0.3 is 5.73 Å². The van der Waals surface area contributed by atoms with E-state index in [2.05, 4.69) is 66.9 Å². The van der Waals surface area contributed by atoms with Crippen LogP contribution in [0.4, 0.5) is 0 Å². The van der Waals surface area contributed by atoms with Crippen LogP contribution >= 0.6 is 0 Å². The predicted molar refractivity (Wildman–Crippen MR) is 123 cm³/mol. The van der Waals surface area contributed by atoms with Gasteiger partial charge in [-0.05, 0) is 43.5 Å². The standard InChI is InChI=1S/C15H17N.C11H21N/c16-12-11-15(13-7-3-1-4-8-13)14-9-5-2-6-10-14;1-3-10-12(4-2)11-8-6-5-7-9-11/h1-10,15H,11-12,16H2;3,11H,1,4-10H2,2H3. The lowest BCUT2D eigenvalue weighted by Gasteiger charge is -2.32. The summed E-state index contributed by atoms with van der Waals surface area (Å²) >= 11 is 0. The molecule has 0 amide bonds. The van der Waals surface area contributed by atoms with E-state index < -0.39 is 0 Å². The highest BCUT2D eigenvalue weighted by Gasteiger charge is 2.18. The monoisotopic (exact) mass is 378 g/mol. The quantitative estimate of drug-likeness (QED) is 0.571. The molecule has 0 unspecified atom stereocenters. The van der Waals surface area contributed by atoms with E-state index in [1.54, 1.807) is 0 Å². The van der Waals surface area contributed by atoms with Crippen LogP contribution in [-0.4, -0.2) is 30.6 Å². The third-order valence-corrected chi connectivity index (χ3v) is 5.72. The molecule has 1 fully saturated rings. The molecule has 0 aromatic heterocycles. The molecule has 0 atom stereocenters. The number of hydrogen-bond donors (Lipinski definition) is 1. The van der Waals surface area contributed by atoms with Crippen molar-refractivity contribution in [1.29, 1.82) is 0 Å². The van der Waals surface area contributed by atoms with Crippen molar-refractivity contribution in [2.45, 2.75) is 57.4 Å². The fourth-order valence-corrected chi connectivity index (χ4v) is 4.21. The minimum Gasteiger partial charge on any atom is -0.330 e. The molecule has 2 nitrogen and oxygen atoms in total. The van der Waals surface area contributed by atoms with Gasteiger partial charge in [0.25, 0.3) is 0 Å². The van der Waals surface area contributed by atoms with E-state index in [-0.39, 0.29) is 0 Å². The summed E-state index contributed by atoms with van der Waals surface area (Å²) in [6.07, 6.45) is 10.1. The Kier molecular flexibility index (Phi) is 10.6. The Balaban J connectivity index is 0.000000209. The third kappa shape index (κ3) is 7.26. The van der Waals surface area contributed by atoms with Crippen molar-refractivity contribution < 1.29 is 0 Å². The molecular formula is C26H38N2. The highest BCUT2D eigenvalue weighted by molar-refractivity contribution is 5.32. The summed E-state index contributed by atoms with van der Waals surface area (Å²) in [5.74, 6) is 0.424. The average Bonchev–Trinajstić information content (AvgIpc) is 2.78. The molecule has 2 aromatic rings. The van der Waals surface area contributed by atoms with Crippen molar-refractivity contribution >= 4 is 0 Å². The van der Waals surface area contributed by atoms with Gasteiger partial charge in [-0.25, -0.2) is 0 Å². The largest absolute Gasteiger partial charge is 0.330 e. The molecular weight excluding hydrogens is 340 g/mol. The fraction of sp³-hybridized carbons (Fsp3) is 0.462. The molecule has 152 valence electrons. The van der Waals surface area contributed by atoms with Gasteiger partial charge in [-0.15, -0.1) is 6.58 Å². The number of nitrogens with two attached hydrogens (primary N) is 1. The molecule has 0 heterocycles. The van der Waals surface area contributed by atoms with E-state index in [1.807, 2.05) is 18.2 Å². The van der Waals surface area contributed by atoms with Gasteiger partial charge in [0.1, 0.15) is 0 Å². The van der Waals surface area contributed by atoms with Crippen LogP contribution in [-0.2, 0) is 0 Å². The number of nitrogens with zero attached hydrogens (tertiary/aromatic N) is 1. The van der Waals surface area contributed by atoms with Gasteiger partial charge in [0.15, 0.2) is 0 Å². The highest BCUT2D eigenvalue weighted by Crippen LogP contribution is 2.27. The average molecular weight is 379 g/mol. The maximum Gasteiger partial charge on any atom is 0.0163 e. The Labute approximate surface area is 172 Å². The summed E-state index contributed by atoms with van der Waals surface area (Å²) in [6.45, 7) is 9.01. The van der Waals surface area contributed by atoms with Gasteiger partial charge in [0.2, 0.25) is 0 Å². The van der Waals surface area contributed by atoms with Crippen molar-refractivity contribution in [3.8, 4) is 0 Å². The van der Waals surface area contributed by atoms with Crippen LogP contribution in [0.5, 0.6) is 0 Å². The summed E-state index contributed by atoms with van der Waals surface area (Å²) in [5, 5.41) is 0. The van der Waals surface area contributed by atoms with Crippen molar-refractivity contribution in [3.63, 3.8) is 0 Å². The Morgan fingerprint density at radius 1 is 0.964 bits per heavy atom. The van der Waals surface area contributed by atoms with Crippen molar-refractivity contribution in [2.75, 3.05) is 19.6 Å². The summed E-state index contributed by atoms with van der Waals surface area (Å²) in [4.78, 5) is 2.55. The second kappa shape index (κ2) is 13.3. The van der Waals surface area contributed by atoms with Gasteiger partial charge in [-0.2, -0.15) is 0 Å². The van der Waals surface area contributed by atoms with Gasteiger partial charge in [-0.1, -0.05) is 92.9 Å². The molecule has 0 saturated heterocycles. The van der Waals surface area contributed by atoms with Gasteiger partial charge >= 0.3 is 0 Å². The van der Waals surface area contributed by atoms with Crippen LogP contribution in [0.25, 0.3) is 0 Å². The van der Waals surface area contributed by atoms with Gasteiger partial charge in [0, 0.05) is 18.5 Å². The minimum atomic E-state index is 0.424. The van der Waals surface area contributed by atoms with Crippen LogP contribution < -0.4 is 5.73 Å². The number of rotatable bonds is 8. The zero-order valence-corrected chi connectivity index (χ0v) is 17.6. The first-order valence-corrected chi connectivity index (χ1v) is 10.9. The predicted octanol–water partition coefficient (Wildman–Crippen LogP) is 5.99. The molecule has 1 saturated carbocycles. The summed E-state index contributed by atoms with van der Waals surface area (Å²) in [5.41, 5.74) is 8.40. The maximum absolute atomic E-state index is 5.70. The van der Waals surface area contributed by atoms with E-state index in [0.29, 0.717) is 12.5 Å². The lowest BCUT2D eigenvalue weighted by molar-refractivity contribution is 0.180. The van der Waals surface area contributed by atoms with Crippen molar-refractivity contribution in [3.05, 3.63) is 84.4 Å². The third-order valence-electron chi connectivity index (χ3n) is 5.72. The molecule has 0 radical (unpaired) electrons. The molecule has 2 aromatic carbocycles. The zero-order valence-electron chi connectivity index (χ0n) is 17.6. The van der Waals surface area contributed by atoms with E-state index in [9.17, 15) is 0 Å². The van der Waals surface area contributed by atoms with Crippen LogP contribution in [0.2, 0.25) is 0 Å². The van der Waals surface area contributed by atoms with E-state index in [1.165, 1.54) is 49.8 Å². The van der Waals surface area contributed by atoms with Gasteiger partial charge in [-0.3, -0.25) is 4.90 Å². The van der Waals surface area contributed by atoms with Crippen molar-refractivity contribution in [2.24, 2.45) is 5.73 Å². The highest BCUT2D eigenvalue weighted by atomic mass is 15.1. The number of likely N-dealkylation sites (N-methyl/N-ethyl adjacent to an activating group) is 1. The Morgan fingerprint density at radius 2 is 1.50 bits per heavy atom. The van der Waals surface area contributed by atoms with E-state index >= 15 is 0 Å². The molecule has 2 heteroatoms. The first-order chi connectivity index (χ1) is 13.8. The normalized spacial score (nSPS) is 14.6. The van der Waals surface area contributed by atoms with E-state index in [0.717, 1.165) is 19.0 Å². The molecule has 28 heavy (non-hydrogen) atoms. The topological polar surface area (TPSA) is 29.3 Å². The second-order valence-electron chi connectivity index (χ2n) is 7.62. The number of benzene rings is 2. The number of hydrogen-bond acceptors (Lipinski definition) is 2. The molecule has 0 bridgehead atoms. The van der Waals surface area contributed by atoms with Crippen LogP contribution in [0, 0.1) is 0 Å². The second-order valence-corrected chi connectivity index (χ2v) is 7.62. The molecule has 1 aliphatic rings. The lowest BCUT2D eigenvalue weighted by Crippen LogP contribution is -2.36. The van der Waals surface area contributed by atoms with Crippen molar-refractivity contribution in [1.82, 2.24) is 4.90 Å². The van der Waals surface area contributed by atoms with Crippen LogP contribution in [0.3, 0.4) is 0 Å². The van der Waals surface area contributed by atoms with Gasteiger partial charge in [0.05, 0.1) is 0 Å². The Morgan fingerprint density at radius 3 is 1.93 bits per heavy atom. The lowest BCUT2D eigenvalue weighted by atomic mass is 9.89. The minimum absolute atomic E-state index is 0.424. The smallest absolute Gasteiger partial charge is 0.0163 e. The first-order valence-electron chi connectivity index (χ1n) is 10.9. The first kappa shape index (κ1) is 22.4.